The molecule has 0 amide bonds. The number of carbonyl (C=O) groups excluding carboxylic acids is 1. The number of hydrogen-bond acceptors (Lipinski definition) is 2. The first-order valence-electron chi connectivity index (χ1n) is 9.02. The van der Waals surface area contributed by atoms with E-state index in [9.17, 15) is 9.90 Å². The van der Waals surface area contributed by atoms with Gasteiger partial charge < -0.3 is 5.11 Å². The first kappa shape index (κ1) is 16.5. The average Bonchev–Trinajstić information content (AvgIpc) is 2.83. The topological polar surface area (TPSA) is 37.3 Å². The van der Waals surface area contributed by atoms with Crippen LogP contribution < -0.4 is 0 Å². The van der Waals surface area contributed by atoms with Gasteiger partial charge in [-0.3, -0.25) is 4.79 Å². The number of aliphatic hydroxyl groups excluding tert-OH is 1. The Hall–Kier alpha value is -1.33. The molecule has 2 nitrogen and oxygen atoms in total. The maximum Gasteiger partial charge on any atom is 0.156 e. The fraction of sp³-hybridized carbons (Fsp3) is 0.667. The number of carbonyl (C=O) groups is 1. The average molecular weight is 312 g/mol. The lowest BCUT2D eigenvalue weighted by molar-refractivity contribution is -0.114. The standard InChI is InChI=1S/C18H24O2.C3H4/c1-18-9-8-14-13-5-3-12(19)10-11(13)2-4-15(14)16(18)6-7-17(18)20;1-3-2/h10,15-17,20H,2-9H2,1H3;1H,2H3. The SMILES string of the molecule is C#CC.CC12CCC3=C4CCC(=O)C=C4CCC3C1CCC2O. The number of allylic oxidation sites excluding steroid dienone is 4. The quantitative estimate of drug-likeness (QED) is 0.681. The van der Waals surface area contributed by atoms with Gasteiger partial charge in [-0.25, -0.2) is 0 Å². The van der Waals surface area contributed by atoms with Crippen molar-refractivity contribution >= 4 is 5.78 Å². The maximum absolute atomic E-state index is 11.6. The molecule has 0 radical (unpaired) electrons. The van der Waals surface area contributed by atoms with Gasteiger partial charge >= 0.3 is 0 Å². The number of ketones is 1. The van der Waals surface area contributed by atoms with E-state index >= 15 is 0 Å². The predicted octanol–water partition coefficient (Wildman–Crippen LogP) is 4.19. The lowest BCUT2D eigenvalue weighted by Crippen LogP contribution is -2.42. The Kier molecular flexibility index (Phi) is 4.52. The van der Waals surface area contributed by atoms with Gasteiger partial charge in [0.1, 0.15) is 0 Å². The minimum atomic E-state index is -0.0936. The first-order valence-corrected chi connectivity index (χ1v) is 9.02. The lowest BCUT2D eigenvalue weighted by atomic mass is 9.57. The van der Waals surface area contributed by atoms with Crippen LogP contribution in [0.5, 0.6) is 0 Å². The van der Waals surface area contributed by atoms with Crippen LogP contribution in [-0.2, 0) is 4.79 Å². The molecule has 0 heterocycles. The number of hydrogen-bond donors (Lipinski definition) is 1. The van der Waals surface area contributed by atoms with Gasteiger partial charge in [-0.15, -0.1) is 12.3 Å². The molecule has 2 saturated carbocycles. The van der Waals surface area contributed by atoms with E-state index in [1.54, 1.807) is 12.5 Å². The molecule has 4 atom stereocenters. The second-order valence-electron chi connectivity index (χ2n) is 7.78. The van der Waals surface area contributed by atoms with Crippen molar-refractivity contribution in [3.05, 3.63) is 22.8 Å². The molecular formula is C21H28O2. The van der Waals surface area contributed by atoms with E-state index < -0.39 is 0 Å². The van der Waals surface area contributed by atoms with Crippen LogP contribution in [0.3, 0.4) is 0 Å². The number of rotatable bonds is 0. The summed E-state index contributed by atoms with van der Waals surface area (Å²) in [4.78, 5) is 11.6. The van der Waals surface area contributed by atoms with E-state index in [-0.39, 0.29) is 11.5 Å². The van der Waals surface area contributed by atoms with Crippen molar-refractivity contribution in [3.63, 3.8) is 0 Å². The van der Waals surface area contributed by atoms with Gasteiger partial charge in [0.15, 0.2) is 5.78 Å². The Morgan fingerprint density at radius 2 is 1.96 bits per heavy atom. The van der Waals surface area contributed by atoms with E-state index in [0.717, 1.165) is 32.1 Å². The van der Waals surface area contributed by atoms with Crippen LogP contribution in [0.25, 0.3) is 0 Å². The van der Waals surface area contributed by atoms with Crippen LogP contribution in [0.4, 0.5) is 0 Å². The van der Waals surface area contributed by atoms with Crippen LogP contribution in [0, 0.1) is 29.6 Å². The van der Waals surface area contributed by atoms with Gasteiger partial charge in [0, 0.05) is 6.42 Å². The van der Waals surface area contributed by atoms with E-state index in [1.807, 2.05) is 6.08 Å². The second kappa shape index (κ2) is 6.29. The summed E-state index contributed by atoms with van der Waals surface area (Å²) in [5, 5.41) is 10.4. The summed E-state index contributed by atoms with van der Waals surface area (Å²) < 4.78 is 0. The van der Waals surface area contributed by atoms with Crippen LogP contribution >= 0.6 is 0 Å². The molecule has 0 aromatic carbocycles. The van der Waals surface area contributed by atoms with E-state index in [2.05, 4.69) is 19.3 Å². The van der Waals surface area contributed by atoms with Crippen molar-refractivity contribution in [2.45, 2.75) is 71.3 Å². The molecule has 0 aromatic rings. The molecular weight excluding hydrogens is 284 g/mol. The normalized spacial score (nSPS) is 38.4. The lowest BCUT2D eigenvalue weighted by Gasteiger charge is -2.48. The summed E-state index contributed by atoms with van der Waals surface area (Å²) in [6, 6.07) is 0. The highest BCUT2D eigenvalue weighted by atomic mass is 16.3. The molecule has 4 rings (SSSR count). The van der Waals surface area contributed by atoms with Crippen LogP contribution in [0.15, 0.2) is 22.8 Å². The van der Waals surface area contributed by atoms with Crippen molar-refractivity contribution < 1.29 is 9.90 Å². The Morgan fingerprint density at radius 1 is 1.22 bits per heavy atom. The first-order chi connectivity index (χ1) is 11.0. The summed E-state index contributed by atoms with van der Waals surface area (Å²) >= 11 is 0. The minimum Gasteiger partial charge on any atom is -0.393 e. The molecule has 2 heteroatoms. The van der Waals surface area contributed by atoms with Crippen molar-refractivity contribution in [2.75, 3.05) is 0 Å². The molecule has 0 saturated heterocycles. The van der Waals surface area contributed by atoms with E-state index in [0.29, 0.717) is 24.0 Å². The number of terminal acetylenes is 1. The molecule has 4 aliphatic carbocycles. The molecule has 0 spiro atoms. The molecule has 124 valence electrons. The zero-order chi connectivity index (χ0) is 16.6. The second-order valence-corrected chi connectivity index (χ2v) is 7.78. The molecule has 0 aliphatic heterocycles. The third kappa shape index (κ3) is 2.70. The number of fused-ring (bicyclic) bond motifs is 4. The summed E-state index contributed by atoms with van der Waals surface area (Å²) in [6.07, 6.45) is 14.8. The molecule has 1 N–H and O–H groups in total. The van der Waals surface area contributed by atoms with Gasteiger partial charge in [-0.1, -0.05) is 12.5 Å². The van der Waals surface area contributed by atoms with Gasteiger partial charge in [-0.05, 0) is 86.3 Å². The van der Waals surface area contributed by atoms with Crippen molar-refractivity contribution in [1.29, 1.82) is 0 Å². The fourth-order valence-corrected chi connectivity index (χ4v) is 5.50. The van der Waals surface area contributed by atoms with Gasteiger partial charge in [0.25, 0.3) is 0 Å². The van der Waals surface area contributed by atoms with Crippen molar-refractivity contribution in [3.8, 4) is 12.3 Å². The van der Waals surface area contributed by atoms with Gasteiger partial charge in [-0.2, -0.15) is 0 Å². The predicted molar refractivity (Wildman–Crippen MR) is 92.7 cm³/mol. The highest BCUT2D eigenvalue weighted by Crippen LogP contribution is 2.59. The molecule has 0 bridgehead atoms. The largest absolute Gasteiger partial charge is 0.393 e. The summed E-state index contributed by atoms with van der Waals surface area (Å²) in [7, 11) is 0. The summed E-state index contributed by atoms with van der Waals surface area (Å²) in [5.41, 5.74) is 4.69. The molecule has 23 heavy (non-hydrogen) atoms. The fourth-order valence-electron chi connectivity index (χ4n) is 5.50. The number of aliphatic hydroxyl groups is 1. The molecule has 2 fully saturated rings. The Bertz CT molecular complexity index is 604. The zero-order valence-corrected chi connectivity index (χ0v) is 14.4. The monoisotopic (exact) mass is 312 g/mol. The Balaban J connectivity index is 0.000000485. The smallest absolute Gasteiger partial charge is 0.156 e. The minimum absolute atomic E-state index is 0.0936. The molecule has 0 aromatic heterocycles. The van der Waals surface area contributed by atoms with Crippen molar-refractivity contribution in [2.24, 2.45) is 17.3 Å². The highest BCUT2D eigenvalue weighted by molar-refractivity contribution is 5.93. The third-order valence-electron chi connectivity index (χ3n) is 6.68. The third-order valence-corrected chi connectivity index (χ3v) is 6.68. The molecule has 4 aliphatic rings. The molecule has 4 unspecified atom stereocenters. The van der Waals surface area contributed by atoms with E-state index in [1.165, 1.54) is 24.0 Å². The summed E-state index contributed by atoms with van der Waals surface area (Å²) in [5.74, 6) is 3.93. The Labute approximate surface area is 140 Å². The van der Waals surface area contributed by atoms with Gasteiger partial charge in [0.05, 0.1) is 6.10 Å². The maximum atomic E-state index is 11.6. The zero-order valence-electron chi connectivity index (χ0n) is 14.4. The van der Waals surface area contributed by atoms with E-state index in [4.69, 9.17) is 0 Å². The van der Waals surface area contributed by atoms with Crippen LogP contribution in [0.1, 0.15) is 65.2 Å². The van der Waals surface area contributed by atoms with Crippen LogP contribution in [-0.4, -0.2) is 17.0 Å². The highest BCUT2D eigenvalue weighted by Gasteiger charge is 2.53. The Morgan fingerprint density at radius 3 is 2.70 bits per heavy atom. The van der Waals surface area contributed by atoms with Crippen molar-refractivity contribution in [1.82, 2.24) is 0 Å². The summed E-state index contributed by atoms with van der Waals surface area (Å²) in [6.45, 7) is 3.96. The van der Waals surface area contributed by atoms with Gasteiger partial charge in [0.2, 0.25) is 0 Å². The van der Waals surface area contributed by atoms with Crippen LogP contribution in [0.2, 0.25) is 0 Å².